The second-order valence-corrected chi connectivity index (χ2v) is 6.97. The molecule has 8 heteroatoms. The normalized spacial score (nSPS) is 17.4. The third-order valence-electron chi connectivity index (χ3n) is 4.74. The summed E-state index contributed by atoms with van der Waals surface area (Å²) in [7, 11) is 1.63. The highest BCUT2D eigenvalue weighted by atomic mass is 19.4. The molecule has 0 aromatic heterocycles. The SMILES string of the molecule is CN=C(NCCCOCC1CCOCC1)NC(C)c1cccc(C(F)(F)F)c1. The van der Waals surface area contributed by atoms with Crippen LogP contribution in [0.15, 0.2) is 29.3 Å². The number of hydrogen-bond acceptors (Lipinski definition) is 3. The molecule has 1 unspecified atom stereocenters. The van der Waals surface area contributed by atoms with Crippen molar-refractivity contribution in [1.29, 1.82) is 0 Å². The molecule has 158 valence electrons. The molecule has 0 amide bonds. The molecule has 1 fully saturated rings. The van der Waals surface area contributed by atoms with E-state index in [0.717, 1.165) is 51.2 Å². The van der Waals surface area contributed by atoms with Gasteiger partial charge in [0.15, 0.2) is 5.96 Å². The zero-order valence-corrected chi connectivity index (χ0v) is 16.5. The smallest absolute Gasteiger partial charge is 0.381 e. The topological polar surface area (TPSA) is 54.9 Å². The van der Waals surface area contributed by atoms with E-state index in [1.165, 1.54) is 6.07 Å². The molecule has 0 spiro atoms. The maximum Gasteiger partial charge on any atom is 0.416 e. The molecule has 0 bridgehead atoms. The van der Waals surface area contributed by atoms with Crippen LogP contribution in [-0.4, -0.2) is 46.0 Å². The first-order valence-corrected chi connectivity index (χ1v) is 9.70. The minimum atomic E-state index is -4.35. The number of nitrogens with zero attached hydrogens (tertiary/aromatic N) is 1. The van der Waals surface area contributed by atoms with Gasteiger partial charge in [0.05, 0.1) is 11.6 Å². The van der Waals surface area contributed by atoms with E-state index in [1.807, 2.05) is 0 Å². The Morgan fingerprint density at radius 3 is 2.75 bits per heavy atom. The Labute approximate surface area is 164 Å². The van der Waals surface area contributed by atoms with Gasteiger partial charge in [-0.1, -0.05) is 12.1 Å². The maximum atomic E-state index is 12.9. The van der Waals surface area contributed by atoms with Crippen molar-refractivity contribution in [2.24, 2.45) is 10.9 Å². The molecule has 0 radical (unpaired) electrons. The molecule has 1 aromatic carbocycles. The molecular weight excluding hydrogens is 371 g/mol. The minimum Gasteiger partial charge on any atom is -0.381 e. The van der Waals surface area contributed by atoms with Gasteiger partial charge in [-0.25, -0.2) is 0 Å². The standard InChI is InChI=1S/C20H30F3N3O2/c1-15(17-5-3-6-18(13-17)20(21,22)23)26-19(24-2)25-9-4-10-28-14-16-7-11-27-12-8-16/h3,5-6,13,15-16H,4,7-12,14H2,1-2H3,(H2,24,25,26). The second kappa shape index (κ2) is 11.3. The molecule has 1 atom stereocenters. The van der Waals surface area contributed by atoms with Crippen molar-refractivity contribution in [2.45, 2.75) is 38.4 Å². The van der Waals surface area contributed by atoms with Crippen LogP contribution in [0, 0.1) is 5.92 Å². The van der Waals surface area contributed by atoms with Crippen LogP contribution in [0.25, 0.3) is 0 Å². The largest absolute Gasteiger partial charge is 0.416 e. The summed E-state index contributed by atoms with van der Waals surface area (Å²) >= 11 is 0. The van der Waals surface area contributed by atoms with Crippen LogP contribution >= 0.6 is 0 Å². The summed E-state index contributed by atoms with van der Waals surface area (Å²) in [6.45, 7) is 5.54. The number of rotatable bonds is 8. The van der Waals surface area contributed by atoms with Crippen LogP contribution in [0.4, 0.5) is 13.2 Å². The highest BCUT2D eigenvalue weighted by molar-refractivity contribution is 5.80. The van der Waals surface area contributed by atoms with Gasteiger partial charge in [0, 0.05) is 40.0 Å². The van der Waals surface area contributed by atoms with Crippen molar-refractivity contribution in [3.05, 3.63) is 35.4 Å². The van der Waals surface area contributed by atoms with Crippen molar-refractivity contribution >= 4 is 5.96 Å². The number of ether oxygens (including phenoxy) is 2. The van der Waals surface area contributed by atoms with Crippen molar-refractivity contribution in [1.82, 2.24) is 10.6 Å². The highest BCUT2D eigenvalue weighted by Gasteiger charge is 2.30. The lowest BCUT2D eigenvalue weighted by Crippen LogP contribution is -2.39. The molecule has 5 nitrogen and oxygen atoms in total. The number of nitrogens with one attached hydrogen (secondary N) is 2. The van der Waals surface area contributed by atoms with E-state index in [1.54, 1.807) is 20.0 Å². The quantitative estimate of drug-likeness (QED) is 0.396. The lowest BCUT2D eigenvalue weighted by Gasteiger charge is -2.22. The van der Waals surface area contributed by atoms with E-state index < -0.39 is 11.7 Å². The number of halogens is 3. The van der Waals surface area contributed by atoms with Gasteiger partial charge in [0.2, 0.25) is 0 Å². The average molecular weight is 401 g/mol. The summed E-state index contributed by atoms with van der Waals surface area (Å²) in [4.78, 5) is 4.13. The van der Waals surface area contributed by atoms with Crippen LogP contribution in [-0.2, 0) is 15.7 Å². The fourth-order valence-electron chi connectivity index (χ4n) is 3.01. The van der Waals surface area contributed by atoms with Crippen molar-refractivity contribution in [2.75, 3.05) is 40.0 Å². The van der Waals surface area contributed by atoms with Crippen molar-refractivity contribution in [3.8, 4) is 0 Å². The molecule has 1 saturated heterocycles. The molecule has 1 heterocycles. The Hall–Kier alpha value is -1.80. The number of guanidine groups is 1. The Balaban J connectivity index is 1.69. The molecular formula is C20H30F3N3O2. The summed E-state index contributed by atoms with van der Waals surface area (Å²) in [5.74, 6) is 1.14. The molecule has 1 aliphatic rings. The van der Waals surface area contributed by atoms with E-state index in [0.29, 0.717) is 30.6 Å². The van der Waals surface area contributed by atoms with Crippen molar-refractivity contribution in [3.63, 3.8) is 0 Å². The number of hydrogen-bond donors (Lipinski definition) is 2. The molecule has 2 rings (SSSR count). The van der Waals surface area contributed by atoms with Gasteiger partial charge in [-0.05, 0) is 49.8 Å². The predicted octanol–water partition coefficient (Wildman–Crippen LogP) is 3.76. The van der Waals surface area contributed by atoms with Crippen LogP contribution in [0.1, 0.15) is 43.4 Å². The second-order valence-electron chi connectivity index (χ2n) is 6.97. The average Bonchev–Trinajstić information content (AvgIpc) is 2.69. The summed E-state index contributed by atoms with van der Waals surface area (Å²) in [6.07, 6.45) is -1.41. The first-order valence-electron chi connectivity index (χ1n) is 9.70. The van der Waals surface area contributed by atoms with Crippen LogP contribution in [0.5, 0.6) is 0 Å². The number of aliphatic imine (C=N–C) groups is 1. The van der Waals surface area contributed by atoms with Gasteiger partial charge >= 0.3 is 6.18 Å². The lowest BCUT2D eigenvalue weighted by atomic mass is 10.0. The van der Waals surface area contributed by atoms with Gasteiger partial charge < -0.3 is 20.1 Å². The maximum absolute atomic E-state index is 12.9. The zero-order chi connectivity index (χ0) is 20.4. The molecule has 1 aromatic rings. The number of alkyl halides is 3. The monoisotopic (exact) mass is 401 g/mol. The van der Waals surface area contributed by atoms with Crippen LogP contribution < -0.4 is 10.6 Å². The van der Waals surface area contributed by atoms with Crippen LogP contribution in [0.2, 0.25) is 0 Å². The fourth-order valence-corrected chi connectivity index (χ4v) is 3.01. The Bertz CT molecular complexity index is 617. The summed E-state index contributed by atoms with van der Waals surface area (Å²) in [5.41, 5.74) is -0.0964. The molecule has 0 saturated carbocycles. The lowest BCUT2D eigenvalue weighted by molar-refractivity contribution is -0.137. The fraction of sp³-hybridized carbons (Fsp3) is 0.650. The first-order chi connectivity index (χ1) is 13.4. The van der Waals surface area contributed by atoms with E-state index in [4.69, 9.17) is 9.47 Å². The number of benzene rings is 1. The predicted molar refractivity (Wildman–Crippen MR) is 103 cm³/mol. The first kappa shape index (κ1) is 22.5. The Morgan fingerprint density at radius 2 is 2.07 bits per heavy atom. The Morgan fingerprint density at radius 1 is 1.32 bits per heavy atom. The molecule has 0 aliphatic carbocycles. The van der Waals surface area contributed by atoms with E-state index in [2.05, 4.69) is 15.6 Å². The third-order valence-corrected chi connectivity index (χ3v) is 4.74. The highest BCUT2D eigenvalue weighted by Crippen LogP contribution is 2.30. The molecule has 2 N–H and O–H groups in total. The van der Waals surface area contributed by atoms with E-state index in [9.17, 15) is 13.2 Å². The van der Waals surface area contributed by atoms with Gasteiger partial charge in [0.25, 0.3) is 0 Å². The Kier molecular flexibility index (Phi) is 9.05. The van der Waals surface area contributed by atoms with Gasteiger partial charge in [0.1, 0.15) is 0 Å². The van der Waals surface area contributed by atoms with Gasteiger partial charge in [-0.3, -0.25) is 4.99 Å². The van der Waals surface area contributed by atoms with Crippen LogP contribution in [0.3, 0.4) is 0 Å². The summed E-state index contributed by atoms with van der Waals surface area (Å²) in [5, 5.41) is 6.29. The third kappa shape index (κ3) is 7.67. The summed E-state index contributed by atoms with van der Waals surface area (Å²) in [6, 6.07) is 5.02. The van der Waals surface area contributed by atoms with E-state index >= 15 is 0 Å². The van der Waals surface area contributed by atoms with Gasteiger partial charge in [-0.15, -0.1) is 0 Å². The van der Waals surface area contributed by atoms with E-state index in [-0.39, 0.29) is 6.04 Å². The molecule has 1 aliphatic heterocycles. The minimum absolute atomic E-state index is 0.307. The molecule has 28 heavy (non-hydrogen) atoms. The zero-order valence-electron chi connectivity index (χ0n) is 16.5. The summed E-state index contributed by atoms with van der Waals surface area (Å²) < 4.78 is 49.7. The van der Waals surface area contributed by atoms with Crippen molar-refractivity contribution < 1.29 is 22.6 Å². The van der Waals surface area contributed by atoms with Gasteiger partial charge in [-0.2, -0.15) is 13.2 Å².